The minimum atomic E-state index is -6.60. The molecular formula is C25H30F9O2Si. The third-order valence-corrected chi connectivity index (χ3v) is 11.1. The van der Waals surface area contributed by atoms with E-state index in [1.54, 1.807) is 0 Å². The maximum absolute atomic E-state index is 14.7. The topological polar surface area (TPSA) is 26.3 Å². The van der Waals surface area contributed by atoms with Crippen molar-refractivity contribution in [2.75, 3.05) is 0 Å². The van der Waals surface area contributed by atoms with Crippen molar-refractivity contribution < 1.29 is 49.0 Å². The molecule has 1 saturated carbocycles. The van der Waals surface area contributed by atoms with Crippen LogP contribution in [0.15, 0.2) is 12.1 Å². The number of ether oxygens (including phenoxy) is 1. The molecule has 2 fully saturated rings. The zero-order valence-corrected chi connectivity index (χ0v) is 21.4. The molecule has 209 valence electrons. The van der Waals surface area contributed by atoms with Gasteiger partial charge in [-0.2, -0.15) is 30.7 Å². The van der Waals surface area contributed by atoms with E-state index in [4.69, 9.17) is 0 Å². The molecular weight excluding hydrogens is 531 g/mol. The molecule has 1 aliphatic carbocycles. The van der Waals surface area contributed by atoms with Crippen LogP contribution in [0.3, 0.4) is 0 Å². The fourth-order valence-electron chi connectivity index (χ4n) is 5.36. The molecule has 0 atom stereocenters. The second kappa shape index (κ2) is 11.6. The average Bonchev–Trinajstić information content (AvgIpc) is 2.82. The third kappa shape index (κ3) is 6.47. The maximum Gasteiger partial charge on any atom is 0.460 e. The summed E-state index contributed by atoms with van der Waals surface area (Å²) in [5.74, 6) is -16.7. The van der Waals surface area contributed by atoms with E-state index in [0.717, 1.165) is 24.9 Å². The number of rotatable bonds is 8. The minimum absolute atomic E-state index is 0.0875. The molecule has 2 nitrogen and oxygen atoms in total. The first kappa shape index (κ1) is 29.8. The average molecular weight is 562 g/mol. The van der Waals surface area contributed by atoms with Gasteiger partial charge in [-0.05, 0) is 80.5 Å². The van der Waals surface area contributed by atoms with Crippen LogP contribution in [0.1, 0.15) is 75.3 Å². The van der Waals surface area contributed by atoms with Gasteiger partial charge in [0.2, 0.25) is 0 Å². The highest BCUT2D eigenvalue weighted by atomic mass is 28.3. The number of hydrogen-bond donors (Lipinski definition) is 0. The van der Waals surface area contributed by atoms with Crippen LogP contribution in [-0.2, 0) is 16.0 Å². The van der Waals surface area contributed by atoms with Crippen molar-refractivity contribution in [1.82, 2.24) is 0 Å². The van der Waals surface area contributed by atoms with Crippen LogP contribution in [0.25, 0.3) is 0 Å². The first-order valence-electron chi connectivity index (χ1n) is 12.5. The Bertz CT molecular complexity index is 912. The van der Waals surface area contributed by atoms with Gasteiger partial charge in [0.15, 0.2) is 0 Å². The van der Waals surface area contributed by atoms with Crippen LogP contribution in [0.4, 0.5) is 39.5 Å². The number of unbranched alkanes of at least 4 members (excludes halogenated alkanes) is 1. The molecule has 2 aliphatic rings. The fraction of sp³-hybridized carbons (Fsp3) is 0.720. The Morgan fingerprint density at radius 1 is 0.919 bits per heavy atom. The van der Waals surface area contributed by atoms with Gasteiger partial charge in [-0.3, -0.25) is 0 Å². The Hall–Kier alpha value is -1.72. The number of carbonyl (C=O) groups excluding carboxylic acids is 1. The van der Waals surface area contributed by atoms with E-state index < -0.39 is 50.5 Å². The van der Waals surface area contributed by atoms with Crippen LogP contribution in [0.2, 0.25) is 17.6 Å². The van der Waals surface area contributed by atoms with Gasteiger partial charge in [0.1, 0.15) is 17.7 Å². The molecule has 1 heterocycles. The van der Waals surface area contributed by atoms with Gasteiger partial charge < -0.3 is 4.74 Å². The van der Waals surface area contributed by atoms with Gasteiger partial charge in [0, 0.05) is 5.56 Å². The molecule has 12 heteroatoms. The highest BCUT2D eigenvalue weighted by Crippen LogP contribution is 2.48. The molecule has 1 aromatic rings. The molecule has 0 N–H and O–H groups in total. The van der Waals surface area contributed by atoms with E-state index in [1.807, 2.05) is 6.92 Å². The van der Waals surface area contributed by atoms with E-state index >= 15 is 0 Å². The molecule has 1 aromatic carbocycles. The normalized spacial score (nSPS) is 22.8. The lowest BCUT2D eigenvalue weighted by molar-refractivity contribution is -0.349. The third-order valence-electron chi connectivity index (χ3n) is 7.53. The monoisotopic (exact) mass is 561 g/mol. The first-order chi connectivity index (χ1) is 17.2. The molecule has 0 spiro atoms. The van der Waals surface area contributed by atoms with Gasteiger partial charge in [-0.15, -0.1) is 0 Å². The summed E-state index contributed by atoms with van der Waals surface area (Å²) in [7, 11) is -0.957. The van der Waals surface area contributed by atoms with E-state index in [1.165, 1.54) is 12.1 Å². The summed E-state index contributed by atoms with van der Waals surface area (Å²) < 4.78 is 124. The first-order valence-corrected chi connectivity index (χ1v) is 14.5. The van der Waals surface area contributed by atoms with E-state index in [2.05, 4.69) is 4.74 Å². The van der Waals surface area contributed by atoms with Crippen LogP contribution in [0, 0.1) is 11.6 Å². The summed E-state index contributed by atoms with van der Waals surface area (Å²) in [4.78, 5) is 11.5. The van der Waals surface area contributed by atoms with Crippen molar-refractivity contribution in [2.24, 2.45) is 0 Å². The molecule has 1 radical (unpaired) electrons. The van der Waals surface area contributed by atoms with Gasteiger partial charge in [0.25, 0.3) is 0 Å². The lowest BCUT2D eigenvalue weighted by atomic mass is 9.91. The Labute approximate surface area is 211 Å². The van der Waals surface area contributed by atoms with Gasteiger partial charge in [-0.1, -0.05) is 25.4 Å². The number of carbonyl (C=O) groups is 1. The predicted octanol–water partition coefficient (Wildman–Crippen LogP) is 8.37. The van der Waals surface area contributed by atoms with Crippen LogP contribution in [-0.4, -0.2) is 38.9 Å². The minimum Gasteiger partial charge on any atom is -0.458 e. The highest BCUT2D eigenvalue weighted by molar-refractivity contribution is 6.60. The zero-order chi connectivity index (χ0) is 27.6. The molecule has 1 aliphatic heterocycles. The van der Waals surface area contributed by atoms with Crippen molar-refractivity contribution in [3.8, 4) is 0 Å². The summed E-state index contributed by atoms with van der Waals surface area (Å²) in [6, 6.07) is 4.39. The number of hydrogen-bond acceptors (Lipinski definition) is 2. The fourth-order valence-corrected chi connectivity index (χ4v) is 9.01. The Kier molecular flexibility index (Phi) is 9.33. The highest BCUT2D eigenvalue weighted by Gasteiger charge is 2.77. The van der Waals surface area contributed by atoms with Crippen molar-refractivity contribution in [3.05, 3.63) is 34.9 Å². The van der Waals surface area contributed by atoms with Crippen molar-refractivity contribution in [1.29, 1.82) is 0 Å². The van der Waals surface area contributed by atoms with Gasteiger partial charge >= 0.3 is 24.0 Å². The molecule has 1 saturated heterocycles. The predicted molar refractivity (Wildman–Crippen MR) is 120 cm³/mol. The van der Waals surface area contributed by atoms with Crippen LogP contribution < -0.4 is 0 Å². The second-order valence-electron chi connectivity index (χ2n) is 10.0. The summed E-state index contributed by atoms with van der Waals surface area (Å²) in [5, 5.41) is 0. The molecule has 37 heavy (non-hydrogen) atoms. The summed E-state index contributed by atoms with van der Waals surface area (Å²) in [6.45, 7) is 2.00. The number of alkyl halides is 7. The standard InChI is InChI=1S/C25H30F9O2Si/c1-2-3-4-15-13-19(26)21(20(27)14-15)16-9-11-37(12-10-16)18-7-5-17(6-8-18)36-22(35)23(28,29)24(30,31)25(32,33)34/h13-14,16-18H,2-12H2,1H3. The van der Waals surface area contributed by atoms with E-state index in [9.17, 15) is 44.3 Å². The second-order valence-corrected chi connectivity index (χ2v) is 13.2. The van der Waals surface area contributed by atoms with E-state index in [-0.39, 0.29) is 29.9 Å². The maximum atomic E-state index is 14.7. The Balaban J connectivity index is 1.51. The van der Waals surface area contributed by atoms with Gasteiger partial charge in [0.05, 0.1) is 8.80 Å². The Morgan fingerprint density at radius 3 is 1.95 bits per heavy atom. The molecule has 0 aromatic heterocycles. The smallest absolute Gasteiger partial charge is 0.458 e. The zero-order valence-electron chi connectivity index (χ0n) is 20.4. The van der Waals surface area contributed by atoms with Crippen molar-refractivity contribution >= 4 is 14.8 Å². The Morgan fingerprint density at radius 2 is 1.46 bits per heavy atom. The molecule has 0 bridgehead atoms. The van der Waals surface area contributed by atoms with E-state index in [0.29, 0.717) is 37.7 Å². The lowest BCUT2D eigenvalue weighted by Gasteiger charge is -2.37. The summed E-state index contributed by atoms with van der Waals surface area (Å²) in [6.07, 6.45) is -3.04. The van der Waals surface area contributed by atoms with Crippen LogP contribution >= 0.6 is 0 Å². The number of halogens is 9. The summed E-state index contributed by atoms with van der Waals surface area (Å²) >= 11 is 0. The largest absolute Gasteiger partial charge is 0.460 e. The number of esters is 1. The molecule has 3 rings (SSSR count). The molecule has 0 amide bonds. The summed E-state index contributed by atoms with van der Waals surface area (Å²) in [5.41, 5.74) is 0.969. The number of aryl methyl sites for hydroxylation is 1. The van der Waals surface area contributed by atoms with Crippen LogP contribution in [0.5, 0.6) is 0 Å². The van der Waals surface area contributed by atoms with Gasteiger partial charge in [-0.25, -0.2) is 13.6 Å². The van der Waals surface area contributed by atoms with Crippen molar-refractivity contribution in [2.45, 2.75) is 112 Å². The lowest BCUT2D eigenvalue weighted by Crippen LogP contribution is -2.57. The number of benzene rings is 1. The molecule has 0 unspecified atom stereocenters. The van der Waals surface area contributed by atoms with Crippen molar-refractivity contribution in [3.63, 3.8) is 0 Å². The quantitative estimate of drug-likeness (QED) is 0.181. The SMILES string of the molecule is CCCCc1cc(F)c(C2CC[Si](C3CCC(OC(=O)C(F)(F)C(F)(F)C(F)(F)F)CC3)CC2)c(F)c1.